The molecule has 0 radical (unpaired) electrons. The maximum atomic E-state index is 13.9. The van der Waals surface area contributed by atoms with E-state index in [1.54, 1.807) is 24.5 Å². The topological polar surface area (TPSA) is 111 Å². The average molecular weight is 437 g/mol. The number of nitrogens with one attached hydrogen (secondary N) is 2. The summed E-state index contributed by atoms with van der Waals surface area (Å²) in [6.07, 6.45) is 4.71. The molecule has 0 unspecified atom stereocenters. The lowest BCUT2D eigenvalue weighted by molar-refractivity contribution is 0.469. The van der Waals surface area contributed by atoms with Crippen LogP contribution in [0.4, 0.5) is 4.39 Å². The van der Waals surface area contributed by atoms with Gasteiger partial charge in [0, 0.05) is 34.8 Å². The van der Waals surface area contributed by atoms with Crippen molar-refractivity contribution >= 4 is 21.9 Å². The van der Waals surface area contributed by atoms with E-state index < -0.39 is 5.82 Å². The number of rotatable bonds is 3. The number of hydrogen-bond acceptors (Lipinski definition) is 5. The fourth-order valence-corrected chi connectivity index (χ4v) is 4.12. The molecule has 6 rings (SSSR count). The highest BCUT2D eigenvalue weighted by atomic mass is 19.1. The number of aromatic amines is 2. The Morgan fingerprint density at radius 1 is 0.788 bits per heavy atom. The Balaban J connectivity index is 1.51. The summed E-state index contributed by atoms with van der Waals surface area (Å²) in [6, 6.07) is 15.2. The van der Waals surface area contributed by atoms with E-state index in [0.29, 0.717) is 16.9 Å². The van der Waals surface area contributed by atoms with Crippen LogP contribution in [0.15, 0.2) is 73.2 Å². The van der Waals surface area contributed by atoms with Crippen LogP contribution in [0.2, 0.25) is 0 Å². The van der Waals surface area contributed by atoms with Crippen LogP contribution in [0.1, 0.15) is 0 Å². The summed E-state index contributed by atoms with van der Waals surface area (Å²) < 4.78 is 13.9. The van der Waals surface area contributed by atoms with Gasteiger partial charge in [-0.25, -0.2) is 9.37 Å². The minimum atomic E-state index is -0.516. The molecule has 33 heavy (non-hydrogen) atoms. The molecule has 4 heterocycles. The summed E-state index contributed by atoms with van der Waals surface area (Å²) in [5.74, 6) is -0.561. The van der Waals surface area contributed by atoms with Crippen LogP contribution in [-0.4, -0.2) is 35.4 Å². The van der Waals surface area contributed by atoms with E-state index in [0.717, 1.165) is 44.7 Å². The third kappa shape index (κ3) is 3.25. The molecule has 0 aliphatic rings. The maximum absolute atomic E-state index is 13.9. The standard InChI is InChI=1S/C25H16FN5O2/c26-16-5-14(6-17(32)9-16)19-3-4-28-25-20(19)10-23(29-25)24-21-8-13(1-2-22(21)30-31-24)15-7-18(33)12-27-11-15/h1-12,32-33H,(H,28,29)(H,30,31). The second-order valence-corrected chi connectivity index (χ2v) is 7.77. The van der Waals surface area contributed by atoms with Crippen molar-refractivity contribution in [3.63, 3.8) is 0 Å². The van der Waals surface area contributed by atoms with Crippen molar-refractivity contribution in [2.75, 3.05) is 0 Å². The highest BCUT2D eigenvalue weighted by molar-refractivity contribution is 6.00. The first-order valence-electron chi connectivity index (χ1n) is 10.2. The van der Waals surface area contributed by atoms with Gasteiger partial charge in [0.15, 0.2) is 0 Å². The number of halogens is 1. The van der Waals surface area contributed by atoms with Crippen molar-refractivity contribution in [1.29, 1.82) is 0 Å². The van der Waals surface area contributed by atoms with E-state index in [1.165, 1.54) is 18.3 Å². The molecule has 7 nitrogen and oxygen atoms in total. The summed E-state index contributed by atoms with van der Waals surface area (Å²) in [5, 5.41) is 28.8. The van der Waals surface area contributed by atoms with Gasteiger partial charge in [0.05, 0.1) is 17.4 Å². The van der Waals surface area contributed by atoms with Gasteiger partial charge < -0.3 is 15.2 Å². The molecule has 6 aromatic rings. The Morgan fingerprint density at radius 2 is 1.67 bits per heavy atom. The summed E-state index contributed by atoms with van der Waals surface area (Å²) in [6.45, 7) is 0. The lowest BCUT2D eigenvalue weighted by Gasteiger charge is -2.04. The third-order valence-electron chi connectivity index (χ3n) is 5.60. The Morgan fingerprint density at radius 3 is 2.52 bits per heavy atom. The second-order valence-electron chi connectivity index (χ2n) is 7.77. The predicted molar refractivity (Wildman–Crippen MR) is 123 cm³/mol. The van der Waals surface area contributed by atoms with E-state index in [1.807, 2.05) is 24.3 Å². The first-order chi connectivity index (χ1) is 16.0. The molecule has 0 atom stereocenters. The summed E-state index contributed by atoms with van der Waals surface area (Å²) in [4.78, 5) is 11.8. The lowest BCUT2D eigenvalue weighted by atomic mass is 10.0. The highest BCUT2D eigenvalue weighted by Gasteiger charge is 2.15. The molecule has 0 saturated heterocycles. The van der Waals surface area contributed by atoms with Gasteiger partial charge in [0.2, 0.25) is 0 Å². The molecule has 0 spiro atoms. The van der Waals surface area contributed by atoms with E-state index in [4.69, 9.17) is 0 Å². The molecule has 0 amide bonds. The molecule has 0 bridgehead atoms. The Hall–Kier alpha value is -4.72. The molecular weight excluding hydrogens is 421 g/mol. The van der Waals surface area contributed by atoms with E-state index >= 15 is 0 Å². The zero-order valence-electron chi connectivity index (χ0n) is 17.0. The number of phenols is 1. The van der Waals surface area contributed by atoms with E-state index in [9.17, 15) is 14.6 Å². The third-order valence-corrected chi connectivity index (χ3v) is 5.60. The van der Waals surface area contributed by atoms with Gasteiger partial charge in [-0.05, 0) is 59.2 Å². The average Bonchev–Trinajstić information content (AvgIpc) is 3.41. The number of benzene rings is 2. The minimum Gasteiger partial charge on any atom is -0.508 e. The normalized spacial score (nSPS) is 11.4. The van der Waals surface area contributed by atoms with Crippen LogP contribution in [0.3, 0.4) is 0 Å². The van der Waals surface area contributed by atoms with Crippen LogP contribution in [-0.2, 0) is 0 Å². The molecule has 0 saturated carbocycles. The van der Waals surface area contributed by atoms with Crippen molar-refractivity contribution in [1.82, 2.24) is 25.1 Å². The molecule has 0 aliphatic heterocycles. The van der Waals surface area contributed by atoms with Gasteiger partial charge in [-0.2, -0.15) is 5.10 Å². The van der Waals surface area contributed by atoms with Crippen LogP contribution < -0.4 is 0 Å². The van der Waals surface area contributed by atoms with E-state index in [2.05, 4.69) is 25.1 Å². The van der Waals surface area contributed by atoms with Crippen LogP contribution >= 0.6 is 0 Å². The molecule has 160 valence electrons. The fraction of sp³-hybridized carbons (Fsp3) is 0. The molecule has 4 N–H and O–H groups in total. The number of nitrogens with zero attached hydrogens (tertiary/aromatic N) is 3. The number of aromatic hydroxyl groups is 2. The molecule has 8 heteroatoms. The predicted octanol–water partition coefficient (Wildman–Crippen LogP) is 5.39. The van der Waals surface area contributed by atoms with Crippen molar-refractivity contribution in [2.24, 2.45) is 0 Å². The Bertz CT molecular complexity index is 1650. The minimum absolute atomic E-state index is 0.0950. The van der Waals surface area contributed by atoms with Gasteiger partial charge in [0.1, 0.15) is 28.7 Å². The van der Waals surface area contributed by atoms with Crippen molar-refractivity contribution in [3.05, 3.63) is 79.0 Å². The number of pyridine rings is 2. The maximum Gasteiger partial charge on any atom is 0.138 e. The Kier molecular flexibility index (Phi) is 4.13. The van der Waals surface area contributed by atoms with Crippen LogP contribution in [0.25, 0.3) is 55.6 Å². The van der Waals surface area contributed by atoms with Gasteiger partial charge in [-0.1, -0.05) is 6.07 Å². The molecular formula is C25H16FN5O2. The fourth-order valence-electron chi connectivity index (χ4n) is 4.12. The first kappa shape index (κ1) is 19.0. The largest absolute Gasteiger partial charge is 0.508 e. The lowest BCUT2D eigenvalue weighted by Crippen LogP contribution is -1.84. The van der Waals surface area contributed by atoms with Crippen LogP contribution in [0.5, 0.6) is 11.5 Å². The molecule has 0 aliphatic carbocycles. The van der Waals surface area contributed by atoms with Gasteiger partial charge in [-0.3, -0.25) is 10.1 Å². The summed E-state index contributed by atoms with van der Waals surface area (Å²) in [7, 11) is 0. The van der Waals surface area contributed by atoms with E-state index in [-0.39, 0.29) is 11.5 Å². The molecule has 0 fully saturated rings. The van der Waals surface area contributed by atoms with Crippen molar-refractivity contribution in [2.45, 2.75) is 0 Å². The van der Waals surface area contributed by atoms with Crippen molar-refractivity contribution in [3.8, 4) is 45.1 Å². The van der Waals surface area contributed by atoms with Crippen LogP contribution in [0, 0.1) is 5.82 Å². The molecule has 4 aromatic heterocycles. The number of aromatic nitrogens is 5. The van der Waals surface area contributed by atoms with Gasteiger partial charge in [0.25, 0.3) is 0 Å². The van der Waals surface area contributed by atoms with Crippen molar-refractivity contribution < 1.29 is 14.6 Å². The quantitative estimate of drug-likeness (QED) is 0.297. The zero-order valence-corrected chi connectivity index (χ0v) is 17.0. The smallest absolute Gasteiger partial charge is 0.138 e. The summed E-state index contributed by atoms with van der Waals surface area (Å²) in [5.41, 5.74) is 5.88. The number of hydrogen-bond donors (Lipinski definition) is 4. The SMILES string of the molecule is Oc1cncc(-c2ccc3[nH]nc(-c4cc5c(-c6cc(O)cc(F)c6)ccnc5[nH]4)c3c2)c1. The highest BCUT2D eigenvalue weighted by Crippen LogP contribution is 2.35. The van der Waals surface area contributed by atoms with Gasteiger partial charge >= 0.3 is 0 Å². The number of phenolic OH excluding ortho intramolecular Hbond substituents is 1. The number of fused-ring (bicyclic) bond motifs is 2. The second kappa shape index (κ2) is 7.16. The summed E-state index contributed by atoms with van der Waals surface area (Å²) >= 11 is 0. The monoisotopic (exact) mass is 437 g/mol. The molecule has 2 aromatic carbocycles. The zero-order chi connectivity index (χ0) is 22.5. The first-order valence-corrected chi connectivity index (χ1v) is 10.2. The number of H-pyrrole nitrogens is 2. The van der Waals surface area contributed by atoms with Gasteiger partial charge in [-0.15, -0.1) is 0 Å². The Labute approximate surface area is 186 Å².